The van der Waals surface area contributed by atoms with E-state index in [9.17, 15) is 24.2 Å². The number of aliphatic hydroxyl groups is 2. The van der Waals surface area contributed by atoms with E-state index in [1.54, 1.807) is 6.08 Å². The molecule has 2 aliphatic heterocycles. The largest absolute Gasteiger partial charge is 0.434 e. The predicted molar refractivity (Wildman–Crippen MR) is 83.7 cm³/mol. The summed E-state index contributed by atoms with van der Waals surface area (Å²) in [6.07, 6.45) is 0.357. The zero-order valence-electron chi connectivity index (χ0n) is 13.6. The Morgan fingerprint density at radius 3 is 2.72 bits per heavy atom. The zero-order chi connectivity index (χ0) is 17.9. The molecule has 5 unspecified atom stereocenters. The van der Waals surface area contributed by atoms with Gasteiger partial charge in [0.15, 0.2) is 0 Å². The average molecular weight is 352 g/mol. The lowest BCUT2D eigenvalue weighted by Gasteiger charge is -2.33. The molecule has 4 N–H and O–H groups in total. The van der Waals surface area contributed by atoms with Crippen LogP contribution in [0.2, 0.25) is 0 Å². The quantitative estimate of drug-likeness (QED) is 0.670. The van der Waals surface area contributed by atoms with Crippen molar-refractivity contribution in [3.63, 3.8) is 0 Å². The third-order valence-electron chi connectivity index (χ3n) is 5.88. The lowest BCUT2D eigenvalue weighted by molar-refractivity contribution is -0.125. The van der Waals surface area contributed by atoms with Gasteiger partial charge in [-0.25, -0.2) is 9.18 Å². The van der Waals surface area contributed by atoms with Crippen molar-refractivity contribution in [1.29, 1.82) is 0 Å². The summed E-state index contributed by atoms with van der Waals surface area (Å²) in [6, 6.07) is -0.920. The molecule has 0 aromatic rings. The molecule has 2 saturated heterocycles. The molecule has 1 saturated carbocycles. The van der Waals surface area contributed by atoms with E-state index in [1.165, 1.54) is 4.90 Å². The van der Waals surface area contributed by atoms with Crippen LogP contribution in [-0.2, 0) is 9.53 Å². The highest BCUT2D eigenvalue weighted by Crippen LogP contribution is 2.46. The normalized spacial score (nSPS) is 40.5. The van der Waals surface area contributed by atoms with E-state index in [0.29, 0.717) is 31.3 Å². The summed E-state index contributed by atoms with van der Waals surface area (Å²) in [5, 5.41) is 19.5. The molecule has 0 bridgehead atoms. The van der Waals surface area contributed by atoms with Crippen LogP contribution in [0, 0.1) is 5.92 Å². The third-order valence-corrected chi connectivity index (χ3v) is 5.88. The van der Waals surface area contributed by atoms with Gasteiger partial charge in [0.05, 0.1) is 24.3 Å². The number of fused-ring (bicyclic) bond motifs is 3. The number of aliphatic hydroxyl groups excluding tert-OH is 2. The first-order valence-electron chi connectivity index (χ1n) is 8.60. The maximum atomic E-state index is 14.8. The van der Waals surface area contributed by atoms with E-state index in [4.69, 9.17) is 10.5 Å². The second-order valence-electron chi connectivity index (χ2n) is 7.33. The fraction of sp³-hybridized carbons (Fsp3) is 0.647. The Morgan fingerprint density at radius 1 is 1.28 bits per heavy atom. The summed E-state index contributed by atoms with van der Waals surface area (Å²) in [5.41, 5.74) is 6.74. The summed E-state index contributed by atoms with van der Waals surface area (Å²) >= 11 is 0. The van der Waals surface area contributed by atoms with E-state index in [-0.39, 0.29) is 18.2 Å². The van der Waals surface area contributed by atoms with Crippen LogP contribution in [0.4, 0.5) is 9.18 Å². The number of hydrogen-bond donors (Lipinski definition) is 3. The van der Waals surface area contributed by atoms with E-state index in [2.05, 4.69) is 0 Å². The van der Waals surface area contributed by atoms with Crippen LogP contribution in [0.15, 0.2) is 23.0 Å². The number of rotatable bonds is 2. The van der Waals surface area contributed by atoms with Crippen LogP contribution in [-0.4, -0.2) is 57.5 Å². The number of nitrogens with zero attached hydrogens (tertiary/aromatic N) is 1. The average Bonchev–Trinajstić information content (AvgIpc) is 3.07. The molecule has 3 fully saturated rings. The highest BCUT2D eigenvalue weighted by Gasteiger charge is 2.54. The van der Waals surface area contributed by atoms with Gasteiger partial charge in [-0.1, -0.05) is 6.08 Å². The highest BCUT2D eigenvalue weighted by molar-refractivity contribution is 5.87. The third kappa shape index (κ3) is 2.55. The molecular weight excluding hydrogens is 331 g/mol. The Hall–Kier alpha value is -1.93. The number of amides is 2. The molecule has 0 aromatic heterocycles. The van der Waals surface area contributed by atoms with Crippen LogP contribution in [0.25, 0.3) is 0 Å². The first-order valence-corrected chi connectivity index (χ1v) is 8.60. The summed E-state index contributed by atoms with van der Waals surface area (Å²) in [4.78, 5) is 25.0. The lowest BCUT2D eigenvalue weighted by atomic mass is 9.77. The number of ether oxygens (including phenoxy) is 1. The molecule has 0 radical (unpaired) electrons. The molecule has 2 aliphatic carbocycles. The van der Waals surface area contributed by atoms with Gasteiger partial charge in [0.25, 0.3) is 5.91 Å². The van der Waals surface area contributed by atoms with Crippen molar-refractivity contribution in [2.75, 3.05) is 0 Å². The minimum Gasteiger partial charge on any atom is -0.434 e. The Morgan fingerprint density at radius 2 is 2.04 bits per heavy atom. The number of nitrogens with two attached hydrogens (primary N) is 1. The fourth-order valence-electron chi connectivity index (χ4n) is 4.60. The summed E-state index contributed by atoms with van der Waals surface area (Å²) in [5.74, 6) is -1.15. The molecule has 136 valence electrons. The molecule has 4 aliphatic rings. The molecule has 25 heavy (non-hydrogen) atoms. The van der Waals surface area contributed by atoms with Gasteiger partial charge >= 0.3 is 6.09 Å². The van der Waals surface area contributed by atoms with Crippen molar-refractivity contribution in [3.05, 3.63) is 23.0 Å². The minimum absolute atomic E-state index is 0.0490. The number of hydrogen-bond acceptors (Lipinski definition) is 5. The van der Waals surface area contributed by atoms with Crippen molar-refractivity contribution in [3.8, 4) is 0 Å². The van der Waals surface area contributed by atoms with Gasteiger partial charge in [0.1, 0.15) is 5.83 Å². The second kappa shape index (κ2) is 5.81. The Bertz CT molecular complexity index is 691. The maximum absolute atomic E-state index is 14.8. The number of halogens is 1. The Kier molecular flexibility index (Phi) is 3.84. The molecule has 2 amide bonds. The van der Waals surface area contributed by atoms with Gasteiger partial charge in [-0.05, 0) is 42.7 Å². The van der Waals surface area contributed by atoms with Gasteiger partial charge in [-0.3, -0.25) is 9.69 Å². The zero-order valence-corrected chi connectivity index (χ0v) is 13.6. The first-order chi connectivity index (χ1) is 11.9. The number of primary amides is 1. The van der Waals surface area contributed by atoms with Crippen LogP contribution >= 0.6 is 0 Å². The topological polar surface area (TPSA) is 113 Å². The van der Waals surface area contributed by atoms with Crippen LogP contribution in [0.1, 0.15) is 32.1 Å². The predicted octanol–water partition coefficient (Wildman–Crippen LogP) is 0.509. The van der Waals surface area contributed by atoms with Gasteiger partial charge in [0.2, 0.25) is 6.10 Å². The van der Waals surface area contributed by atoms with Crippen molar-refractivity contribution in [2.24, 2.45) is 11.7 Å². The molecule has 2 heterocycles. The van der Waals surface area contributed by atoms with Crippen LogP contribution in [0.3, 0.4) is 0 Å². The summed E-state index contributed by atoms with van der Waals surface area (Å²) in [7, 11) is 0. The Balaban J connectivity index is 1.58. The van der Waals surface area contributed by atoms with E-state index < -0.39 is 42.4 Å². The summed E-state index contributed by atoms with van der Waals surface area (Å²) in [6.45, 7) is 0. The molecule has 4 rings (SSSR count). The van der Waals surface area contributed by atoms with Crippen molar-refractivity contribution < 1.29 is 28.9 Å². The SMILES string of the molecule is NC(=O)C1OC(=O)N2C3CC(F)=C(C4CCC(O)C(O)C4)C=C3C[C@@H]12. The molecular formula is C17H21FN2O5. The van der Waals surface area contributed by atoms with Gasteiger partial charge in [-0.2, -0.15) is 0 Å². The Labute approximate surface area is 143 Å². The van der Waals surface area contributed by atoms with Gasteiger partial charge in [0, 0.05) is 6.42 Å². The van der Waals surface area contributed by atoms with Crippen LogP contribution < -0.4 is 5.73 Å². The van der Waals surface area contributed by atoms with Crippen molar-refractivity contribution in [2.45, 2.75) is 62.5 Å². The monoisotopic (exact) mass is 352 g/mol. The molecule has 6 atom stereocenters. The number of allylic oxidation sites excluding steroid dienone is 2. The molecule has 0 spiro atoms. The summed E-state index contributed by atoms with van der Waals surface area (Å²) < 4.78 is 19.8. The first kappa shape index (κ1) is 16.5. The van der Waals surface area contributed by atoms with Crippen LogP contribution in [0.5, 0.6) is 0 Å². The molecule has 7 nitrogen and oxygen atoms in total. The molecule has 8 heteroatoms. The smallest absolute Gasteiger partial charge is 0.411 e. The second-order valence-corrected chi connectivity index (χ2v) is 7.33. The van der Waals surface area contributed by atoms with Crippen molar-refractivity contribution in [1.82, 2.24) is 4.90 Å². The van der Waals surface area contributed by atoms with E-state index in [0.717, 1.165) is 5.57 Å². The van der Waals surface area contributed by atoms with E-state index in [1.807, 2.05) is 0 Å². The number of carbonyl (C=O) groups is 2. The number of cyclic esters (lactones) is 1. The number of carbonyl (C=O) groups excluding carboxylic acids is 2. The molecule has 0 aromatic carbocycles. The van der Waals surface area contributed by atoms with Gasteiger partial charge < -0.3 is 20.7 Å². The fourth-order valence-corrected chi connectivity index (χ4v) is 4.60. The standard InChI is InChI=1S/C17H21FN2O5/c18-10-6-11-8(3-9(10)7-1-2-13(21)14(22)5-7)4-12-15(16(19)23)25-17(24)20(11)12/h3,7,11-15,21-22H,1-2,4-6H2,(H2,19,23)/t7?,11?,12-,13?,14?,15?/m0/s1. The van der Waals surface area contributed by atoms with Gasteiger partial charge in [-0.15, -0.1) is 0 Å². The minimum atomic E-state index is -1.00. The van der Waals surface area contributed by atoms with E-state index >= 15 is 0 Å². The highest BCUT2D eigenvalue weighted by atomic mass is 19.1. The van der Waals surface area contributed by atoms with Crippen molar-refractivity contribution >= 4 is 12.0 Å². The maximum Gasteiger partial charge on any atom is 0.411 e. The lowest BCUT2D eigenvalue weighted by Crippen LogP contribution is -2.41.